The van der Waals surface area contributed by atoms with E-state index in [4.69, 9.17) is 4.74 Å². The van der Waals surface area contributed by atoms with Gasteiger partial charge in [-0.05, 0) is 55.7 Å². The summed E-state index contributed by atoms with van der Waals surface area (Å²) in [5.74, 6) is 0.820. The number of aryl methyl sites for hydroxylation is 1. The summed E-state index contributed by atoms with van der Waals surface area (Å²) in [6.45, 7) is 2.27. The fourth-order valence-electron chi connectivity index (χ4n) is 4.58. The highest BCUT2D eigenvalue weighted by atomic mass is 16.5. The molecule has 0 amide bonds. The van der Waals surface area contributed by atoms with E-state index in [-0.39, 0.29) is 13.2 Å². The van der Waals surface area contributed by atoms with Crippen molar-refractivity contribution in [2.24, 2.45) is 0 Å². The van der Waals surface area contributed by atoms with Gasteiger partial charge in [0.25, 0.3) is 0 Å². The number of hydrogen-bond donors (Lipinski definition) is 0. The molecule has 0 heterocycles. The first-order valence-corrected chi connectivity index (χ1v) is 14.6. The van der Waals surface area contributed by atoms with Gasteiger partial charge in [0.1, 0.15) is 19.0 Å². The van der Waals surface area contributed by atoms with Crippen LogP contribution in [0.2, 0.25) is 0 Å². The minimum absolute atomic E-state index is 0.212. The lowest BCUT2D eigenvalue weighted by Gasteiger charge is -2.13. The molecule has 36 heavy (non-hydrogen) atoms. The lowest BCUT2D eigenvalue weighted by molar-refractivity contribution is 0.138. The van der Waals surface area contributed by atoms with Crippen molar-refractivity contribution in [3.05, 3.63) is 77.4 Å². The van der Waals surface area contributed by atoms with E-state index in [1.807, 2.05) is 24.3 Å². The molecule has 0 bridgehead atoms. The van der Waals surface area contributed by atoms with Crippen molar-refractivity contribution in [2.75, 3.05) is 13.2 Å². The zero-order valence-electron chi connectivity index (χ0n) is 22.8. The largest absolute Gasteiger partial charge is 0.490 e. The number of allylic oxidation sites excluding steroid dienone is 2. The van der Waals surface area contributed by atoms with E-state index in [0.717, 1.165) is 17.7 Å². The zero-order chi connectivity index (χ0) is 25.5. The minimum Gasteiger partial charge on any atom is -0.490 e. The van der Waals surface area contributed by atoms with Gasteiger partial charge in [-0.15, -0.1) is 0 Å². The van der Waals surface area contributed by atoms with Crippen molar-refractivity contribution < 1.29 is 9.84 Å². The Morgan fingerprint density at radius 2 is 1.31 bits per heavy atom. The summed E-state index contributed by atoms with van der Waals surface area (Å²) < 4.78 is 5.78. The monoisotopic (exact) mass is 489 g/mol. The molecule has 0 atom stereocenters. The second kappa shape index (κ2) is 20.8. The number of unbranched alkanes of at least 4 members (excludes halogenated alkanes) is 12. The molecule has 0 aliphatic carbocycles. The van der Waals surface area contributed by atoms with Crippen molar-refractivity contribution in [3.63, 3.8) is 0 Å². The van der Waals surface area contributed by atoms with Crippen LogP contribution in [0.5, 0.6) is 5.75 Å². The molecule has 2 aromatic rings. The number of ether oxygens (including phenoxy) is 1. The van der Waals surface area contributed by atoms with Gasteiger partial charge in [-0.3, -0.25) is 0 Å². The number of rotatable bonds is 21. The SMILES string of the molecule is CCCCCCCC/C=C\CCCCCCCCc1cccc(OCC[O])c1C=Cc1ccccc1. The van der Waals surface area contributed by atoms with Gasteiger partial charge >= 0.3 is 0 Å². The molecule has 0 saturated carbocycles. The highest BCUT2D eigenvalue weighted by Gasteiger charge is 2.07. The summed E-state index contributed by atoms with van der Waals surface area (Å²) in [5, 5.41) is 11.0. The summed E-state index contributed by atoms with van der Waals surface area (Å²) in [4.78, 5) is 0. The van der Waals surface area contributed by atoms with Gasteiger partial charge in [-0.2, -0.15) is 0 Å². The fourth-order valence-corrected chi connectivity index (χ4v) is 4.58. The highest BCUT2D eigenvalue weighted by molar-refractivity contribution is 5.74. The third kappa shape index (κ3) is 13.7. The molecule has 2 aromatic carbocycles. The lowest BCUT2D eigenvalue weighted by atomic mass is 9.98. The summed E-state index contributed by atoms with van der Waals surface area (Å²) >= 11 is 0. The van der Waals surface area contributed by atoms with Crippen molar-refractivity contribution in [1.82, 2.24) is 0 Å². The molecular formula is C34H49O2. The maximum atomic E-state index is 11.0. The van der Waals surface area contributed by atoms with Crippen LogP contribution in [0, 0.1) is 0 Å². The first-order valence-electron chi connectivity index (χ1n) is 14.6. The van der Waals surface area contributed by atoms with E-state index in [9.17, 15) is 5.11 Å². The Morgan fingerprint density at radius 1 is 0.667 bits per heavy atom. The Balaban J connectivity index is 1.64. The quantitative estimate of drug-likeness (QED) is 0.0974. The third-order valence-corrected chi connectivity index (χ3v) is 6.70. The van der Waals surface area contributed by atoms with Gasteiger partial charge in [0.05, 0.1) is 0 Å². The number of benzene rings is 2. The average Bonchev–Trinajstić information content (AvgIpc) is 2.91. The predicted molar refractivity (Wildman–Crippen MR) is 156 cm³/mol. The summed E-state index contributed by atoms with van der Waals surface area (Å²) in [6, 6.07) is 16.6. The average molecular weight is 490 g/mol. The van der Waals surface area contributed by atoms with Crippen molar-refractivity contribution in [2.45, 2.75) is 103 Å². The van der Waals surface area contributed by atoms with Crippen LogP contribution in [-0.4, -0.2) is 13.2 Å². The molecule has 0 N–H and O–H groups in total. The normalized spacial score (nSPS) is 11.6. The van der Waals surface area contributed by atoms with Gasteiger partial charge in [-0.1, -0.05) is 131 Å². The van der Waals surface area contributed by atoms with Crippen LogP contribution in [0.25, 0.3) is 12.2 Å². The third-order valence-electron chi connectivity index (χ3n) is 6.70. The molecule has 2 rings (SSSR count). The van der Waals surface area contributed by atoms with E-state index >= 15 is 0 Å². The zero-order valence-corrected chi connectivity index (χ0v) is 22.8. The van der Waals surface area contributed by atoms with Crippen LogP contribution in [0.3, 0.4) is 0 Å². The molecule has 2 nitrogen and oxygen atoms in total. The van der Waals surface area contributed by atoms with Crippen LogP contribution < -0.4 is 4.74 Å². The molecule has 0 spiro atoms. The minimum atomic E-state index is -0.221. The molecular weight excluding hydrogens is 440 g/mol. The van der Waals surface area contributed by atoms with Gasteiger partial charge in [0.15, 0.2) is 0 Å². The molecule has 0 unspecified atom stereocenters. The van der Waals surface area contributed by atoms with Gasteiger partial charge in [-0.25, -0.2) is 5.11 Å². The topological polar surface area (TPSA) is 29.1 Å². The maximum absolute atomic E-state index is 11.0. The second-order valence-electron chi connectivity index (χ2n) is 9.81. The van der Waals surface area contributed by atoms with E-state index in [2.05, 4.69) is 55.5 Å². The van der Waals surface area contributed by atoms with Gasteiger partial charge < -0.3 is 4.74 Å². The summed E-state index contributed by atoms with van der Waals surface area (Å²) in [5.41, 5.74) is 3.59. The number of hydrogen-bond acceptors (Lipinski definition) is 1. The maximum Gasteiger partial charge on any atom is 0.126 e. The van der Waals surface area contributed by atoms with Crippen LogP contribution >= 0.6 is 0 Å². The fraction of sp³-hybridized carbons (Fsp3) is 0.529. The Morgan fingerprint density at radius 3 is 1.97 bits per heavy atom. The van der Waals surface area contributed by atoms with Crippen molar-refractivity contribution >= 4 is 12.2 Å². The first kappa shape index (κ1) is 29.9. The van der Waals surface area contributed by atoms with Crippen LogP contribution in [0.1, 0.15) is 114 Å². The first-order chi connectivity index (χ1) is 17.8. The molecule has 0 aliphatic heterocycles. The standard InChI is InChI=1S/C34H49O2/c1-2-3-4-5-6-7-8-9-10-11-12-13-14-15-16-20-24-32-25-21-26-34(36-30-29-35)33(32)28-27-31-22-18-17-19-23-31/h9-10,17-19,21-23,25-28H,2-8,11-16,20,24,29-30H2,1H3/b10-9-,28-27?. The summed E-state index contributed by atoms with van der Waals surface area (Å²) in [7, 11) is 0. The smallest absolute Gasteiger partial charge is 0.126 e. The van der Waals surface area contributed by atoms with Crippen molar-refractivity contribution in [1.29, 1.82) is 0 Å². The highest BCUT2D eigenvalue weighted by Crippen LogP contribution is 2.27. The Kier molecular flexibility index (Phi) is 17.3. The van der Waals surface area contributed by atoms with E-state index in [1.54, 1.807) is 0 Å². The Hall–Kier alpha value is -2.32. The van der Waals surface area contributed by atoms with Crippen LogP contribution in [0.15, 0.2) is 60.7 Å². The lowest BCUT2D eigenvalue weighted by Crippen LogP contribution is -2.03. The van der Waals surface area contributed by atoms with E-state index in [1.165, 1.54) is 101 Å². The molecule has 0 aliphatic rings. The van der Waals surface area contributed by atoms with Crippen molar-refractivity contribution in [3.8, 4) is 5.75 Å². The van der Waals surface area contributed by atoms with Gasteiger partial charge in [0.2, 0.25) is 0 Å². The Bertz CT molecular complexity index is 838. The molecule has 2 heteroatoms. The molecule has 0 fully saturated rings. The molecule has 197 valence electrons. The Labute approximate surface area is 221 Å². The van der Waals surface area contributed by atoms with Crippen LogP contribution in [-0.2, 0) is 11.5 Å². The van der Waals surface area contributed by atoms with E-state index in [0.29, 0.717) is 0 Å². The molecule has 0 aromatic heterocycles. The predicted octanol–water partition coefficient (Wildman–Crippen LogP) is 10.2. The van der Waals surface area contributed by atoms with E-state index < -0.39 is 0 Å². The molecule has 0 saturated heterocycles. The second-order valence-corrected chi connectivity index (χ2v) is 9.81. The molecule has 1 radical (unpaired) electrons. The summed E-state index contributed by atoms with van der Waals surface area (Å²) in [6.07, 6.45) is 28.7. The van der Waals surface area contributed by atoms with Gasteiger partial charge in [0, 0.05) is 5.56 Å². The van der Waals surface area contributed by atoms with Crippen LogP contribution in [0.4, 0.5) is 0 Å².